The molecule has 0 unspecified atom stereocenters. The molecule has 34 heavy (non-hydrogen) atoms. The molecular weight excluding hydrogens is 447 g/mol. The average molecular weight is 467 g/mol. The van der Waals surface area contributed by atoms with E-state index in [9.17, 15) is 18.0 Å². The van der Waals surface area contributed by atoms with Crippen molar-refractivity contribution in [2.45, 2.75) is 19.2 Å². The van der Waals surface area contributed by atoms with Crippen molar-refractivity contribution in [3.05, 3.63) is 60.8 Å². The maximum atomic E-state index is 12.9. The van der Waals surface area contributed by atoms with Crippen molar-refractivity contribution in [1.29, 1.82) is 0 Å². The maximum absolute atomic E-state index is 12.9. The number of hydrogen-bond donors (Lipinski definition) is 1. The first kappa shape index (κ1) is 23.0. The quantitative estimate of drug-likeness (QED) is 0.555. The van der Waals surface area contributed by atoms with E-state index in [0.717, 1.165) is 31.5 Å². The molecule has 0 radical (unpaired) electrons. The van der Waals surface area contributed by atoms with Crippen LogP contribution in [0.2, 0.25) is 0 Å². The van der Waals surface area contributed by atoms with E-state index in [1.165, 1.54) is 24.7 Å². The summed E-state index contributed by atoms with van der Waals surface area (Å²) in [7, 11) is 0. The van der Waals surface area contributed by atoms with Crippen LogP contribution in [0.5, 0.6) is 5.75 Å². The summed E-state index contributed by atoms with van der Waals surface area (Å²) in [6, 6.07) is 6.57. The molecule has 3 aromatic rings. The number of nitrogens with zero attached hydrogens (tertiary/aromatic N) is 4. The van der Waals surface area contributed by atoms with Gasteiger partial charge in [-0.3, -0.25) is 4.79 Å². The number of piperidine rings is 1. The van der Waals surface area contributed by atoms with Crippen LogP contribution in [0, 0.1) is 18.3 Å². The number of pyridine rings is 1. The van der Waals surface area contributed by atoms with Crippen LogP contribution in [0.4, 0.5) is 24.7 Å². The zero-order chi connectivity index (χ0) is 24.1. The Hall–Kier alpha value is -4.13. The van der Waals surface area contributed by atoms with Gasteiger partial charge in [0.2, 0.25) is 0 Å². The van der Waals surface area contributed by atoms with Gasteiger partial charge in [0, 0.05) is 54.4 Å². The molecule has 2 aromatic heterocycles. The molecule has 4 rings (SSSR count). The number of nitrogens with one attached hydrogen (secondary N) is 1. The number of aromatic nitrogens is 3. The fourth-order valence-electron chi connectivity index (χ4n) is 3.73. The van der Waals surface area contributed by atoms with E-state index in [4.69, 9.17) is 6.42 Å². The van der Waals surface area contributed by atoms with Crippen LogP contribution in [0.15, 0.2) is 55.2 Å². The molecule has 1 aliphatic heterocycles. The summed E-state index contributed by atoms with van der Waals surface area (Å²) in [6.45, 7) is 1.44. The minimum atomic E-state index is -4.79. The number of hydrogen-bond acceptors (Lipinski definition) is 6. The van der Waals surface area contributed by atoms with Gasteiger partial charge in [-0.1, -0.05) is 0 Å². The summed E-state index contributed by atoms with van der Waals surface area (Å²) in [4.78, 5) is 27.7. The third-order valence-corrected chi connectivity index (χ3v) is 5.30. The van der Waals surface area contributed by atoms with Crippen molar-refractivity contribution in [2.75, 3.05) is 23.3 Å². The van der Waals surface area contributed by atoms with Crippen LogP contribution < -0.4 is 15.0 Å². The second kappa shape index (κ2) is 9.79. The number of terminal acetylenes is 1. The average Bonchev–Trinajstić information content (AvgIpc) is 2.84. The van der Waals surface area contributed by atoms with Gasteiger partial charge in [0.05, 0.1) is 5.56 Å². The molecule has 1 N–H and O–H groups in total. The molecule has 0 aliphatic carbocycles. The van der Waals surface area contributed by atoms with E-state index >= 15 is 0 Å². The number of halogens is 3. The zero-order valence-corrected chi connectivity index (χ0v) is 17.9. The lowest BCUT2D eigenvalue weighted by molar-refractivity contribution is -0.274. The third-order valence-electron chi connectivity index (χ3n) is 5.30. The summed E-state index contributed by atoms with van der Waals surface area (Å²) >= 11 is 0. The van der Waals surface area contributed by atoms with E-state index in [1.54, 1.807) is 18.5 Å². The molecule has 7 nitrogen and oxygen atoms in total. The van der Waals surface area contributed by atoms with Crippen molar-refractivity contribution in [1.82, 2.24) is 15.0 Å². The molecule has 3 heterocycles. The summed E-state index contributed by atoms with van der Waals surface area (Å²) < 4.78 is 40.9. The number of alkyl halides is 3. The van der Waals surface area contributed by atoms with Crippen molar-refractivity contribution in [3.8, 4) is 29.2 Å². The summed E-state index contributed by atoms with van der Waals surface area (Å²) in [5, 5.41) is 2.66. The van der Waals surface area contributed by atoms with Gasteiger partial charge >= 0.3 is 6.36 Å². The van der Waals surface area contributed by atoms with Gasteiger partial charge in [-0.05, 0) is 43.2 Å². The number of carbonyl (C=O) groups is 1. The normalized spacial score (nSPS) is 15.9. The van der Waals surface area contributed by atoms with Gasteiger partial charge < -0.3 is 15.0 Å². The Morgan fingerprint density at radius 2 is 1.91 bits per heavy atom. The lowest BCUT2D eigenvalue weighted by Crippen LogP contribution is -2.35. The van der Waals surface area contributed by atoms with Crippen LogP contribution in [-0.2, 0) is 0 Å². The minimum Gasteiger partial charge on any atom is -0.406 e. The summed E-state index contributed by atoms with van der Waals surface area (Å²) in [6.07, 6.45) is 8.87. The Morgan fingerprint density at radius 3 is 2.59 bits per heavy atom. The number of amides is 1. The smallest absolute Gasteiger partial charge is 0.406 e. The van der Waals surface area contributed by atoms with Crippen molar-refractivity contribution >= 4 is 17.4 Å². The topological polar surface area (TPSA) is 80.2 Å². The lowest BCUT2D eigenvalue weighted by atomic mass is 9.98. The number of ether oxygens (including phenoxy) is 1. The molecule has 1 atom stereocenters. The van der Waals surface area contributed by atoms with Crippen molar-refractivity contribution in [3.63, 3.8) is 0 Å². The monoisotopic (exact) mass is 467 g/mol. The first-order chi connectivity index (χ1) is 16.3. The van der Waals surface area contributed by atoms with E-state index in [1.807, 2.05) is 0 Å². The molecule has 0 saturated carbocycles. The fraction of sp³-hybridized carbons (Fsp3) is 0.250. The molecule has 1 aromatic carbocycles. The molecule has 1 fully saturated rings. The second-order valence-corrected chi connectivity index (χ2v) is 7.70. The van der Waals surface area contributed by atoms with Gasteiger partial charge in [-0.2, -0.15) is 0 Å². The highest BCUT2D eigenvalue weighted by molar-refractivity contribution is 6.05. The minimum absolute atomic E-state index is 0.114. The zero-order valence-electron chi connectivity index (χ0n) is 17.9. The third kappa shape index (κ3) is 5.61. The molecular formula is C24H20F3N5O2. The highest BCUT2D eigenvalue weighted by Crippen LogP contribution is 2.32. The molecule has 174 valence electrons. The van der Waals surface area contributed by atoms with Crippen LogP contribution in [0.3, 0.4) is 0 Å². The fourth-order valence-corrected chi connectivity index (χ4v) is 3.73. The Balaban J connectivity index is 1.59. The van der Waals surface area contributed by atoms with Gasteiger partial charge in [0.15, 0.2) is 0 Å². The maximum Gasteiger partial charge on any atom is 0.573 e. The van der Waals surface area contributed by atoms with E-state index in [-0.39, 0.29) is 17.2 Å². The highest BCUT2D eigenvalue weighted by atomic mass is 19.4. The van der Waals surface area contributed by atoms with Crippen LogP contribution >= 0.6 is 0 Å². The summed E-state index contributed by atoms with van der Waals surface area (Å²) in [5.41, 5.74) is 1.95. The van der Waals surface area contributed by atoms with E-state index < -0.39 is 12.3 Å². The number of rotatable bonds is 5. The molecule has 1 saturated heterocycles. The summed E-state index contributed by atoms with van der Waals surface area (Å²) in [5.74, 6) is 2.75. The molecule has 0 bridgehead atoms. The van der Waals surface area contributed by atoms with Crippen LogP contribution in [-0.4, -0.2) is 40.3 Å². The standard InChI is InChI=1S/C24H20F3N5O2/c1-2-16-4-3-9-32(14-16)22-21(18-11-28-15-29-12-18)10-17(13-30-22)23(33)31-19-5-7-20(8-6-19)34-24(25,26)27/h1,5-8,10-13,15-16H,3-4,9,14H2,(H,31,33)/t16-/m0/s1. The van der Waals surface area contributed by atoms with E-state index in [2.05, 4.69) is 35.8 Å². The van der Waals surface area contributed by atoms with E-state index in [0.29, 0.717) is 29.2 Å². The molecule has 1 aliphatic rings. The first-order valence-corrected chi connectivity index (χ1v) is 10.5. The largest absolute Gasteiger partial charge is 0.573 e. The van der Waals surface area contributed by atoms with Crippen LogP contribution in [0.1, 0.15) is 23.2 Å². The van der Waals surface area contributed by atoms with Gasteiger partial charge in [-0.25, -0.2) is 15.0 Å². The lowest BCUT2D eigenvalue weighted by Gasteiger charge is -2.32. The first-order valence-electron chi connectivity index (χ1n) is 10.5. The molecule has 1 amide bonds. The number of carbonyl (C=O) groups excluding carboxylic acids is 1. The Bertz CT molecular complexity index is 1190. The number of benzene rings is 1. The SMILES string of the molecule is C#C[C@H]1CCCN(c2ncc(C(=O)Nc3ccc(OC(F)(F)F)cc3)cc2-c2cncnc2)C1. The van der Waals surface area contributed by atoms with Crippen molar-refractivity contribution in [2.24, 2.45) is 5.92 Å². The predicted molar refractivity (Wildman–Crippen MR) is 120 cm³/mol. The predicted octanol–water partition coefficient (Wildman–Crippen LogP) is 4.54. The Kier molecular flexibility index (Phi) is 6.63. The van der Waals surface area contributed by atoms with Crippen molar-refractivity contribution < 1.29 is 22.7 Å². The van der Waals surface area contributed by atoms with Gasteiger partial charge in [0.1, 0.15) is 17.9 Å². The van der Waals surface area contributed by atoms with Gasteiger partial charge in [0.25, 0.3) is 5.91 Å². The van der Waals surface area contributed by atoms with Crippen LogP contribution in [0.25, 0.3) is 11.1 Å². The number of anilines is 2. The second-order valence-electron chi connectivity index (χ2n) is 7.70. The van der Waals surface area contributed by atoms with Gasteiger partial charge in [-0.15, -0.1) is 25.5 Å². The highest BCUT2D eigenvalue weighted by Gasteiger charge is 2.31. The molecule has 0 spiro atoms. The Morgan fingerprint density at radius 1 is 1.18 bits per heavy atom. The Labute approximate surface area is 194 Å². The molecule has 10 heteroatoms.